The van der Waals surface area contributed by atoms with Gasteiger partial charge < -0.3 is 15.0 Å². The van der Waals surface area contributed by atoms with Gasteiger partial charge >= 0.3 is 0 Å². The lowest BCUT2D eigenvalue weighted by atomic mass is 10.1. The highest BCUT2D eigenvalue weighted by Gasteiger charge is 2.36. The van der Waals surface area contributed by atoms with E-state index in [9.17, 15) is 9.59 Å². The van der Waals surface area contributed by atoms with Gasteiger partial charge in [0.25, 0.3) is 0 Å². The quantitative estimate of drug-likeness (QED) is 0.737. The third-order valence-electron chi connectivity index (χ3n) is 4.50. The van der Waals surface area contributed by atoms with Gasteiger partial charge in [0.15, 0.2) is 0 Å². The van der Waals surface area contributed by atoms with Crippen LogP contribution in [0.3, 0.4) is 0 Å². The molecule has 8 heteroatoms. The highest BCUT2D eigenvalue weighted by molar-refractivity contribution is 7.15. The molecule has 1 aromatic heterocycles. The average molecular weight is 388 g/mol. The fourth-order valence-electron chi connectivity index (χ4n) is 3.14. The minimum Gasteiger partial charge on any atom is -0.381 e. The average Bonchev–Trinajstić information content (AvgIpc) is 3.22. The Balaban J connectivity index is 1.60. The van der Waals surface area contributed by atoms with E-state index in [0.29, 0.717) is 31.3 Å². The Labute approximate surface area is 162 Å². The number of anilines is 2. The smallest absolute Gasteiger partial charge is 0.231 e. The lowest BCUT2D eigenvalue weighted by Crippen LogP contribution is -2.28. The minimum absolute atomic E-state index is 0.0308. The second-order valence-electron chi connectivity index (χ2n) is 6.63. The van der Waals surface area contributed by atoms with E-state index in [-0.39, 0.29) is 18.2 Å². The molecule has 144 valence electrons. The van der Waals surface area contributed by atoms with E-state index in [0.717, 1.165) is 21.8 Å². The van der Waals surface area contributed by atoms with Crippen LogP contribution in [-0.2, 0) is 20.7 Å². The van der Waals surface area contributed by atoms with Crippen molar-refractivity contribution in [2.75, 3.05) is 30.0 Å². The van der Waals surface area contributed by atoms with Gasteiger partial charge in [0.2, 0.25) is 16.9 Å². The fraction of sp³-hybridized carbons (Fsp3) is 0.474. The molecule has 1 saturated heterocycles. The van der Waals surface area contributed by atoms with Crippen LogP contribution in [0.2, 0.25) is 0 Å². The normalized spacial score (nSPS) is 16.8. The lowest BCUT2D eigenvalue weighted by molar-refractivity contribution is -0.122. The van der Waals surface area contributed by atoms with Gasteiger partial charge in [-0.3, -0.25) is 9.59 Å². The molecule has 1 aliphatic rings. The van der Waals surface area contributed by atoms with Crippen molar-refractivity contribution in [3.05, 3.63) is 34.3 Å². The summed E-state index contributed by atoms with van der Waals surface area (Å²) in [4.78, 5) is 26.7. The maximum atomic E-state index is 12.6. The maximum absolute atomic E-state index is 12.6. The van der Waals surface area contributed by atoms with E-state index in [1.54, 1.807) is 4.90 Å². The van der Waals surface area contributed by atoms with Gasteiger partial charge in [-0.2, -0.15) is 0 Å². The van der Waals surface area contributed by atoms with Gasteiger partial charge in [-0.15, -0.1) is 10.2 Å². The summed E-state index contributed by atoms with van der Waals surface area (Å²) in [5.41, 5.74) is 3.05. The number of hydrogen-bond donors (Lipinski definition) is 1. The van der Waals surface area contributed by atoms with Crippen molar-refractivity contribution in [3.8, 4) is 0 Å². The number of aryl methyl sites for hydroxylation is 2. The summed E-state index contributed by atoms with van der Waals surface area (Å²) in [6, 6.07) is 5.97. The molecule has 1 aliphatic heterocycles. The van der Waals surface area contributed by atoms with Gasteiger partial charge in [-0.25, -0.2) is 0 Å². The number of benzene rings is 1. The van der Waals surface area contributed by atoms with Crippen LogP contribution in [0.4, 0.5) is 10.8 Å². The molecule has 2 amide bonds. The highest BCUT2D eigenvalue weighted by atomic mass is 32.1. The van der Waals surface area contributed by atoms with E-state index >= 15 is 0 Å². The molecule has 0 radical (unpaired) electrons. The van der Waals surface area contributed by atoms with Crippen molar-refractivity contribution < 1.29 is 14.3 Å². The molecule has 3 rings (SSSR count). The molecular weight excluding hydrogens is 364 g/mol. The number of ether oxygens (including phenoxy) is 1. The number of nitrogens with one attached hydrogen (secondary N) is 1. The molecule has 2 aromatic rings. The van der Waals surface area contributed by atoms with Crippen LogP contribution in [0, 0.1) is 19.8 Å². The van der Waals surface area contributed by atoms with Crippen molar-refractivity contribution >= 4 is 34.0 Å². The van der Waals surface area contributed by atoms with Gasteiger partial charge in [0.05, 0.1) is 12.5 Å². The fourth-order valence-corrected chi connectivity index (χ4v) is 3.86. The number of carbonyl (C=O) groups is 2. The molecule has 1 unspecified atom stereocenters. The minimum atomic E-state index is -0.394. The molecule has 1 atom stereocenters. The van der Waals surface area contributed by atoms with Gasteiger partial charge in [-0.1, -0.05) is 29.0 Å². The lowest BCUT2D eigenvalue weighted by Gasteiger charge is -2.19. The Hall–Kier alpha value is -2.32. The third-order valence-corrected chi connectivity index (χ3v) is 5.40. The second kappa shape index (κ2) is 8.58. The van der Waals surface area contributed by atoms with Crippen LogP contribution < -0.4 is 10.2 Å². The van der Waals surface area contributed by atoms with Crippen LogP contribution in [-0.4, -0.2) is 41.8 Å². The van der Waals surface area contributed by atoms with E-state index in [1.807, 2.05) is 39.0 Å². The SMILES string of the molecule is CCOCCc1nnc(NC(=O)C2CC(=O)N(c3ccc(C)cc3C)C2)s1. The van der Waals surface area contributed by atoms with Crippen molar-refractivity contribution in [2.45, 2.75) is 33.6 Å². The van der Waals surface area contributed by atoms with E-state index < -0.39 is 5.92 Å². The summed E-state index contributed by atoms with van der Waals surface area (Å²) in [6.07, 6.45) is 0.874. The monoisotopic (exact) mass is 388 g/mol. The topological polar surface area (TPSA) is 84.4 Å². The number of hydrogen-bond acceptors (Lipinski definition) is 6. The predicted octanol–water partition coefficient (Wildman–Crippen LogP) is 2.73. The zero-order chi connectivity index (χ0) is 19.4. The Morgan fingerprint density at radius 3 is 2.93 bits per heavy atom. The van der Waals surface area contributed by atoms with Crippen molar-refractivity contribution in [1.82, 2.24) is 10.2 Å². The molecule has 1 aromatic carbocycles. The van der Waals surface area contributed by atoms with Crippen molar-refractivity contribution in [1.29, 1.82) is 0 Å². The Kier molecular flexibility index (Phi) is 6.18. The first-order valence-electron chi connectivity index (χ1n) is 9.06. The van der Waals surface area contributed by atoms with Gasteiger partial charge in [0.1, 0.15) is 5.01 Å². The summed E-state index contributed by atoms with van der Waals surface area (Å²) in [7, 11) is 0. The standard InChI is InChI=1S/C19H24N4O3S/c1-4-26-8-7-16-21-22-19(27-16)20-18(25)14-10-17(24)23(11-14)15-6-5-12(2)9-13(15)3/h5-6,9,14H,4,7-8,10-11H2,1-3H3,(H,20,22,25). The van der Waals surface area contributed by atoms with Crippen LogP contribution >= 0.6 is 11.3 Å². The third kappa shape index (κ3) is 4.70. The van der Waals surface area contributed by atoms with Crippen molar-refractivity contribution in [3.63, 3.8) is 0 Å². The molecular formula is C19H24N4O3S. The number of aromatic nitrogens is 2. The summed E-state index contributed by atoms with van der Waals surface area (Å²) in [5, 5.41) is 12.1. The molecule has 1 N–H and O–H groups in total. The number of nitrogens with zero attached hydrogens (tertiary/aromatic N) is 3. The van der Waals surface area contributed by atoms with Crippen LogP contribution in [0.25, 0.3) is 0 Å². The number of rotatable bonds is 7. The largest absolute Gasteiger partial charge is 0.381 e. The molecule has 1 fully saturated rings. The van der Waals surface area contributed by atoms with Crippen LogP contribution in [0.5, 0.6) is 0 Å². The van der Waals surface area contributed by atoms with Crippen LogP contribution in [0.1, 0.15) is 29.5 Å². The molecule has 2 heterocycles. The second-order valence-corrected chi connectivity index (χ2v) is 7.69. The Morgan fingerprint density at radius 2 is 2.19 bits per heavy atom. The van der Waals surface area contributed by atoms with E-state index in [4.69, 9.17) is 4.74 Å². The molecule has 0 saturated carbocycles. The Morgan fingerprint density at radius 1 is 1.37 bits per heavy atom. The van der Waals surface area contributed by atoms with Gasteiger partial charge in [-0.05, 0) is 32.4 Å². The zero-order valence-electron chi connectivity index (χ0n) is 15.8. The Bertz CT molecular complexity index is 836. The first-order chi connectivity index (χ1) is 13.0. The summed E-state index contributed by atoms with van der Waals surface area (Å²) in [6.45, 7) is 7.56. The summed E-state index contributed by atoms with van der Waals surface area (Å²) < 4.78 is 5.30. The number of amides is 2. The zero-order valence-corrected chi connectivity index (χ0v) is 16.6. The molecule has 0 spiro atoms. The molecule has 0 bridgehead atoms. The first-order valence-corrected chi connectivity index (χ1v) is 9.88. The summed E-state index contributed by atoms with van der Waals surface area (Å²) >= 11 is 1.34. The summed E-state index contributed by atoms with van der Waals surface area (Å²) in [5.74, 6) is -0.617. The van der Waals surface area contributed by atoms with Crippen molar-refractivity contribution in [2.24, 2.45) is 5.92 Å². The molecule has 0 aliphatic carbocycles. The maximum Gasteiger partial charge on any atom is 0.231 e. The first kappa shape index (κ1) is 19.4. The highest BCUT2D eigenvalue weighted by Crippen LogP contribution is 2.29. The van der Waals surface area contributed by atoms with E-state index in [2.05, 4.69) is 15.5 Å². The predicted molar refractivity (Wildman–Crippen MR) is 105 cm³/mol. The molecule has 7 nitrogen and oxygen atoms in total. The van der Waals surface area contributed by atoms with Crippen LogP contribution in [0.15, 0.2) is 18.2 Å². The molecule has 27 heavy (non-hydrogen) atoms. The number of carbonyl (C=O) groups excluding carboxylic acids is 2. The van der Waals surface area contributed by atoms with Gasteiger partial charge in [0, 0.05) is 31.7 Å². The van der Waals surface area contributed by atoms with E-state index in [1.165, 1.54) is 11.3 Å².